The normalized spacial score (nSPS) is 18.8. The van der Waals surface area contributed by atoms with E-state index in [-0.39, 0.29) is 23.7 Å². The van der Waals surface area contributed by atoms with Crippen molar-refractivity contribution in [3.8, 4) is 0 Å². The van der Waals surface area contributed by atoms with Crippen LogP contribution in [0.2, 0.25) is 5.02 Å². The van der Waals surface area contributed by atoms with Gasteiger partial charge in [-0.3, -0.25) is 14.9 Å². The summed E-state index contributed by atoms with van der Waals surface area (Å²) in [7, 11) is 1.33. The molecule has 11 heteroatoms. The topological polar surface area (TPSA) is 97.6 Å². The van der Waals surface area contributed by atoms with Gasteiger partial charge in [-0.05, 0) is 6.07 Å². The summed E-state index contributed by atoms with van der Waals surface area (Å²) < 4.78 is 35.4. The van der Waals surface area contributed by atoms with Crippen LogP contribution < -0.4 is 4.90 Å². The van der Waals surface area contributed by atoms with Crippen molar-refractivity contribution in [1.29, 1.82) is 0 Å². The van der Waals surface area contributed by atoms with E-state index in [0.29, 0.717) is 6.07 Å². The highest BCUT2D eigenvalue weighted by atomic mass is 35.7. The molecule has 0 N–H and O–H groups in total. The molecule has 1 heterocycles. The molecule has 7 nitrogen and oxygen atoms in total. The SMILES string of the molecule is O=C1CC(CS(=O)(=O)Cl)CN1c1c(Cl)cc(F)cc1[N+](=O)[O-]. The van der Waals surface area contributed by atoms with Gasteiger partial charge < -0.3 is 4.90 Å². The number of carbonyl (C=O) groups is 1. The molecule has 0 radical (unpaired) electrons. The van der Waals surface area contributed by atoms with Crippen LogP contribution in [0.25, 0.3) is 0 Å². The Bertz CT molecular complexity index is 755. The number of carbonyl (C=O) groups excluding carboxylic acids is 1. The summed E-state index contributed by atoms with van der Waals surface area (Å²) in [5, 5.41) is 10.7. The number of benzene rings is 1. The minimum absolute atomic E-state index is 0.100. The summed E-state index contributed by atoms with van der Waals surface area (Å²) in [5.74, 6) is -2.51. The molecule has 0 aromatic heterocycles. The Hall–Kier alpha value is -1.45. The van der Waals surface area contributed by atoms with E-state index in [1.54, 1.807) is 0 Å². The van der Waals surface area contributed by atoms with Crippen molar-refractivity contribution in [2.75, 3.05) is 17.2 Å². The third-order valence-electron chi connectivity index (χ3n) is 3.11. The van der Waals surface area contributed by atoms with Crippen LogP contribution in [0.5, 0.6) is 0 Å². The van der Waals surface area contributed by atoms with Gasteiger partial charge in [0.25, 0.3) is 5.69 Å². The molecule has 0 saturated carbocycles. The molecule has 22 heavy (non-hydrogen) atoms. The van der Waals surface area contributed by atoms with Crippen LogP contribution >= 0.6 is 22.3 Å². The van der Waals surface area contributed by atoms with Gasteiger partial charge in [0.05, 0.1) is 21.8 Å². The third kappa shape index (κ3) is 3.65. The number of amides is 1. The predicted octanol–water partition coefficient (Wildman–Crippen LogP) is 2.31. The van der Waals surface area contributed by atoms with Crippen LogP contribution in [0.15, 0.2) is 12.1 Å². The Morgan fingerprint density at radius 2 is 2.09 bits per heavy atom. The first-order valence-corrected chi connectivity index (χ1v) is 8.80. The number of anilines is 1. The second-order valence-corrected chi connectivity index (χ2v) is 8.02. The van der Waals surface area contributed by atoms with E-state index in [1.807, 2.05) is 0 Å². The molecular formula is C11H9Cl2FN2O5S. The minimum atomic E-state index is -3.81. The quantitative estimate of drug-likeness (QED) is 0.460. The molecule has 120 valence electrons. The lowest BCUT2D eigenvalue weighted by molar-refractivity contribution is -0.384. The molecule has 0 spiro atoms. The van der Waals surface area contributed by atoms with Gasteiger partial charge >= 0.3 is 0 Å². The van der Waals surface area contributed by atoms with Gasteiger partial charge in [0, 0.05) is 29.6 Å². The molecular weight excluding hydrogens is 362 g/mol. The van der Waals surface area contributed by atoms with E-state index < -0.39 is 43.1 Å². The van der Waals surface area contributed by atoms with Gasteiger partial charge in [0.1, 0.15) is 11.5 Å². The maximum absolute atomic E-state index is 13.3. The van der Waals surface area contributed by atoms with Gasteiger partial charge in [0.15, 0.2) is 0 Å². The third-order valence-corrected chi connectivity index (χ3v) is 4.65. The number of nitrogens with zero attached hydrogens (tertiary/aromatic N) is 2. The van der Waals surface area contributed by atoms with Crippen molar-refractivity contribution >= 4 is 48.6 Å². The van der Waals surface area contributed by atoms with Crippen LogP contribution in [-0.2, 0) is 13.8 Å². The number of rotatable bonds is 4. The zero-order valence-electron chi connectivity index (χ0n) is 10.8. The molecule has 1 unspecified atom stereocenters. The molecule has 0 bridgehead atoms. The zero-order valence-corrected chi connectivity index (χ0v) is 13.2. The number of nitro benzene ring substituents is 1. The molecule has 1 amide bonds. The van der Waals surface area contributed by atoms with Crippen LogP contribution in [-0.4, -0.2) is 31.5 Å². The average molecular weight is 371 g/mol. The average Bonchev–Trinajstić information content (AvgIpc) is 2.66. The van der Waals surface area contributed by atoms with Crippen LogP contribution in [0.4, 0.5) is 15.8 Å². The van der Waals surface area contributed by atoms with Crippen molar-refractivity contribution in [3.63, 3.8) is 0 Å². The van der Waals surface area contributed by atoms with Crippen molar-refractivity contribution in [3.05, 3.63) is 33.1 Å². The summed E-state index contributed by atoms with van der Waals surface area (Å²) in [6, 6.07) is 1.50. The Labute approximate surface area is 134 Å². The summed E-state index contributed by atoms with van der Waals surface area (Å²) in [6.45, 7) is -0.100. The first-order valence-electron chi connectivity index (χ1n) is 5.94. The maximum Gasteiger partial charge on any atom is 0.297 e. The van der Waals surface area contributed by atoms with Crippen molar-refractivity contribution < 1.29 is 22.5 Å². The van der Waals surface area contributed by atoms with E-state index in [9.17, 15) is 27.7 Å². The fraction of sp³-hybridized carbons (Fsp3) is 0.364. The molecule has 1 atom stereocenters. The van der Waals surface area contributed by atoms with Crippen molar-refractivity contribution in [2.45, 2.75) is 6.42 Å². The van der Waals surface area contributed by atoms with E-state index in [0.717, 1.165) is 11.0 Å². The minimum Gasteiger partial charge on any atom is -0.305 e. The summed E-state index contributed by atoms with van der Waals surface area (Å²) in [4.78, 5) is 23.2. The van der Waals surface area contributed by atoms with Gasteiger partial charge in [-0.15, -0.1) is 0 Å². The summed E-state index contributed by atoms with van der Waals surface area (Å²) in [5.41, 5.74) is -0.903. The lowest BCUT2D eigenvalue weighted by Crippen LogP contribution is -2.26. The second kappa shape index (κ2) is 5.98. The van der Waals surface area contributed by atoms with E-state index in [2.05, 4.69) is 0 Å². The van der Waals surface area contributed by atoms with Crippen LogP contribution in [0.3, 0.4) is 0 Å². The predicted molar refractivity (Wildman–Crippen MR) is 78.2 cm³/mol. The van der Waals surface area contributed by atoms with Gasteiger partial charge in [-0.25, -0.2) is 12.8 Å². The number of nitro groups is 1. The largest absolute Gasteiger partial charge is 0.305 e. The highest BCUT2D eigenvalue weighted by Crippen LogP contribution is 2.39. The molecule has 1 aromatic rings. The molecule has 1 aliphatic heterocycles. The number of hydrogen-bond acceptors (Lipinski definition) is 5. The number of hydrogen-bond donors (Lipinski definition) is 0. The van der Waals surface area contributed by atoms with Crippen molar-refractivity contribution in [1.82, 2.24) is 0 Å². The highest BCUT2D eigenvalue weighted by molar-refractivity contribution is 8.13. The standard InChI is InChI=1S/C11H9Cl2FN2O5S/c12-8-2-7(14)3-9(16(18)19)11(8)15-4-6(1-10(15)17)5-22(13,20)21/h2-3,6H,1,4-5H2. The monoisotopic (exact) mass is 370 g/mol. The first-order chi connectivity index (χ1) is 10.1. The summed E-state index contributed by atoms with van der Waals surface area (Å²) >= 11 is 5.82. The molecule has 1 saturated heterocycles. The Morgan fingerprint density at radius 1 is 1.45 bits per heavy atom. The van der Waals surface area contributed by atoms with Crippen LogP contribution in [0.1, 0.15) is 6.42 Å². The summed E-state index contributed by atoms with van der Waals surface area (Å²) in [6.07, 6.45) is -0.142. The highest BCUT2D eigenvalue weighted by Gasteiger charge is 2.37. The fourth-order valence-corrected chi connectivity index (χ4v) is 3.97. The molecule has 1 aliphatic rings. The second-order valence-electron chi connectivity index (χ2n) is 4.79. The van der Waals surface area contributed by atoms with E-state index in [1.165, 1.54) is 0 Å². The van der Waals surface area contributed by atoms with Gasteiger partial charge in [0.2, 0.25) is 15.0 Å². The number of halogens is 3. The molecule has 2 rings (SSSR count). The molecule has 1 aromatic carbocycles. The Morgan fingerprint density at radius 3 is 2.64 bits per heavy atom. The fourth-order valence-electron chi connectivity index (χ4n) is 2.35. The Kier molecular flexibility index (Phi) is 4.59. The van der Waals surface area contributed by atoms with Crippen molar-refractivity contribution in [2.24, 2.45) is 5.92 Å². The lowest BCUT2D eigenvalue weighted by Gasteiger charge is -2.18. The van der Waals surface area contributed by atoms with E-state index >= 15 is 0 Å². The maximum atomic E-state index is 13.3. The van der Waals surface area contributed by atoms with Gasteiger partial charge in [-0.2, -0.15) is 0 Å². The smallest absolute Gasteiger partial charge is 0.297 e. The molecule has 0 aliphatic carbocycles. The molecule has 1 fully saturated rings. The van der Waals surface area contributed by atoms with Crippen LogP contribution in [0, 0.1) is 21.8 Å². The van der Waals surface area contributed by atoms with Gasteiger partial charge in [-0.1, -0.05) is 11.6 Å². The lowest BCUT2D eigenvalue weighted by atomic mass is 10.1. The first kappa shape index (κ1) is 16.9. The Balaban J connectivity index is 2.40. The zero-order chi connectivity index (χ0) is 16.7. The van der Waals surface area contributed by atoms with E-state index in [4.69, 9.17) is 22.3 Å².